The van der Waals surface area contributed by atoms with E-state index in [1.165, 1.54) is 39.0 Å². The Labute approximate surface area is 223 Å². The second-order valence-corrected chi connectivity index (χ2v) is 10.8. The van der Waals surface area contributed by atoms with E-state index in [2.05, 4.69) is 15.8 Å². The Morgan fingerprint density at radius 1 is 1.00 bits per heavy atom. The van der Waals surface area contributed by atoms with E-state index in [1.807, 2.05) is 0 Å². The van der Waals surface area contributed by atoms with Crippen LogP contribution in [0, 0.1) is 0 Å². The summed E-state index contributed by atoms with van der Waals surface area (Å²) in [5.74, 6) is 0.462. The third-order valence-corrected chi connectivity index (χ3v) is 7.09. The van der Waals surface area contributed by atoms with Crippen molar-refractivity contribution in [3.63, 3.8) is 0 Å². The van der Waals surface area contributed by atoms with Gasteiger partial charge in [0, 0.05) is 12.1 Å². The summed E-state index contributed by atoms with van der Waals surface area (Å²) in [4.78, 5) is 24.6. The predicted octanol–water partition coefficient (Wildman–Crippen LogP) is 2.45. The first-order valence-corrected chi connectivity index (χ1v) is 14.1. The van der Waals surface area contributed by atoms with E-state index in [1.54, 1.807) is 30.3 Å². The first kappa shape index (κ1) is 28.8. The Balaban J connectivity index is 1.52. The minimum atomic E-state index is -3.81. The van der Waals surface area contributed by atoms with Gasteiger partial charge < -0.3 is 19.5 Å². The van der Waals surface area contributed by atoms with Crippen LogP contribution in [0.3, 0.4) is 0 Å². The van der Waals surface area contributed by atoms with Gasteiger partial charge in [-0.15, -0.1) is 0 Å². The van der Waals surface area contributed by atoms with Crippen LogP contribution in [0.1, 0.15) is 37.7 Å². The molecular weight excluding hydrogens is 512 g/mol. The van der Waals surface area contributed by atoms with E-state index >= 15 is 0 Å². The fraction of sp³-hybridized carbons (Fsp3) is 0.423. The molecular formula is C26H34N4O7S. The molecule has 0 atom stereocenters. The van der Waals surface area contributed by atoms with Gasteiger partial charge in [0.15, 0.2) is 6.61 Å². The Kier molecular flexibility index (Phi) is 10.3. The van der Waals surface area contributed by atoms with Gasteiger partial charge in [-0.2, -0.15) is 5.10 Å². The van der Waals surface area contributed by atoms with E-state index < -0.39 is 22.5 Å². The molecule has 2 amide bonds. The van der Waals surface area contributed by atoms with Crippen LogP contribution in [0.5, 0.6) is 17.2 Å². The number of amides is 2. The van der Waals surface area contributed by atoms with Crippen LogP contribution >= 0.6 is 0 Å². The average molecular weight is 547 g/mol. The Morgan fingerprint density at radius 3 is 2.32 bits per heavy atom. The van der Waals surface area contributed by atoms with Gasteiger partial charge in [0.2, 0.25) is 10.0 Å². The zero-order chi connectivity index (χ0) is 27.5. The Morgan fingerprint density at radius 2 is 1.68 bits per heavy atom. The Hall–Kier alpha value is -3.80. The highest BCUT2D eigenvalue weighted by molar-refractivity contribution is 7.92. The zero-order valence-corrected chi connectivity index (χ0v) is 22.6. The van der Waals surface area contributed by atoms with Gasteiger partial charge in [0.1, 0.15) is 23.8 Å². The molecule has 1 saturated carbocycles. The molecule has 0 aromatic heterocycles. The fourth-order valence-corrected chi connectivity index (χ4v) is 4.89. The number of benzene rings is 2. The van der Waals surface area contributed by atoms with Crippen molar-refractivity contribution < 1.29 is 32.2 Å². The molecule has 0 aliphatic heterocycles. The predicted molar refractivity (Wildman–Crippen MR) is 144 cm³/mol. The van der Waals surface area contributed by atoms with Gasteiger partial charge in [-0.25, -0.2) is 13.8 Å². The number of carbonyl (C=O) groups is 2. The fourth-order valence-electron chi connectivity index (χ4n) is 4.03. The van der Waals surface area contributed by atoms with Crippen molar-refractivity contribution in [1.82, 2.24) is 10.7 Å². The van der Waals surface area contributed by atoms with Crippen molar-refractivity contribution in [3.05, 3.63) is 48.0 Å². The van der Waals surface area contributed by atoms with Crippen molar-refractivity contribution in [2.24, 2.45) is 5.10 Å². The number of nitrogens with one attached hydrogen (secondary N) is 2. The van der Waals surface area contributed by atoms with Crippen LogP contribution < -0.4 is 29.3 Å². The molecule has 0 radical (unpaired) electrons. The van der Waals surface area contributed by atoms with Crippen molar-refractivity contribution in [3.8, 4) is 17.2 Å². The van der Waals surface area contributed by atoms with E-state index in [9.17, 15) is 18.0 Å². The lowest BCUT2D eigenvalue weighted by molar-refractivity contribution is -0.124. The summed E-state index contributed by atoms with van der Waals surface area (Å²) in [7, 11) is -0.937. The molecule has 38 heavy (non-hydrogen) atoms. The third kappa shape index (κ3) is 8.65. The lowest BCUT2D eigenvalue weighted by Crippen LogP contribution is -2.39. The standard InChI is InChI=1S/C26H34N4O7S/c1-35-22-13-14-23(24(15-22)36-2)30(38(3,33)34)17-25(31)29-27-16-19-9-11-21(12-10-19)37-18-26(32)28-20-7-5-4-6-8-20/h9-16,20H,4-8,17-18H2,1-3H3,(H,28,32)(H,29,31)/b27-16-. The summed E-state index contributed by atoms with van der Waals surface area (Å²) >= 11 is 0. The average Bonchev–Trinajstić information content (AvgIpc) is 2.91. The summed E-state index contributed by atoms with van der Waals surface area (Å²) < 4.78 is 41.7. The second kappa shape index (κ2) is 13.7. The van der Waals surface area contributed by atoms with Crippen LogP contribution in [0.4, 0.5) is 5.69 Å². The maximum atomic E-state index is 12.5. The number of rotatable bonds is 12. The lowest BCUT2D eigenvalue weighted by atomic mass is 9.95. The molecule has 0 bridgehead atoms. The van der Waals surface area contributed by atoms with Gasteiger partial charge in [0.05, 0.1) is 32.4 Å². The van der Waals surface area contributed by atoms with Crippen molar-refractivity contribution in [1.29, 1.82) is 0 Å². The summed E-state index contributed by atoms with van der Waals surface area (Å²) in [5.41, 5.74) is 3.19. The number of sulfonamides is 1. The van der Waals surface area contributed by atoms with Crippen LogP contribution in [0.2, 0.25) is 0 Å². The molecule has 12 heteroatoms. The van der Waals surface area contributed by atoms with Crippen LogP contribution in [-0.4, -0.2) is 66.1 Å². The molecule has 0 unspecified atom stereocenters. The molecule has 206 valence electrons. The first-order valence-electron chi connectivity index (χ1n) is 12.2. The molecule has 2 aromatic carbocycles. The van der Waals surface area contributed by atoms with E-state index in [0.717, 1.165) is 36.2 Å². The second-order valence-electron chi connectivity index (χ2n) is 8.86. The third-order valence-electron chi connectivity index (χ3n) is 5.97. The van der Waals surface area contributed by atoms with Crippen molar-refractivity contribution in [2.75, 3.05) is 37.9 Å². The monoisotopic (exact) mass is 546 g/mol. The molecule has 0 heterocycles. The number of methoxy groups -OCH3 is 2. The minimum Gasteiger partial charge on any atom is -0.497 e. The van der Waals surface area contributed by atoms with E-state index in [4.69, 9.17) is 14.2 Å². The number of nitrogens with zero attached hydrogens (tertiary/aromatic N) is 2. The molecule has 0 saturated heterocycles. The van der Waals surface area contributed by atoms with Crippen molar-refractivity contribution >= 4 is 33.7 Å². The molecule has 1 fully saturated rings. The topological polar surface area (TPSA) is 136 Å². The molecule has 1 aliphatic carbocycles. The van der Waals surface area contributed by atoms with E-state index in [0.29, 0.717) is 17.1 Å². The first-order chi connectivity index (χ1) is 18.2. The molecule has 2 aromatic rings. The van der Waals surface area contributed by atoms with Gasteiger partial charge in [0.25, 0.3) is 11.8 Å². The van der Waals surface area contributed by atoms with Crippen LogP contribution in [-0.2, 0) is 19.6 Å². The highest BCUT2D eigenvalue weighted by Gasteiger charge is 2.24. The number of hydrazone groups is 1. The van der Waals surface area contributed by atoms with Gasteiger partial charge in [-0.05, 0) is 54.8 Å². The van der Waals surface area contributed by atoms with Gasteiger partial charge >= 0.3 is 0 Å². The van der Waals surface area contributed by atoms with Crippen LogP contribution in [0.15, 0.2) is 47.6 Å². The van der Waals surface area contributed by atoms with Gasteiger partial charge in [-0.1, -0.05) is 19.3 Å². The van der Waals surface area contributed by atoms with Gasteiger partial charge in [-0.3, -0.25) is 13.9 Å². The SMILES string of the molecule is COc1ccc(N(CC(=O)N/N=C\c2ccc(OCC(=O)NC3CCCCC3)cc2)S(C)(=O)=O)c(OC)c1. The summed E-state index contributed by atoms with van der Waals surface area (Å²) in [6.45, 7) is -0.565. The number of hydrogen-bond donors (Lipinski definition) is 2. The smallest absolute Gasteiger partial charge is 0.260 e. The summed E-state index contributed by atoms with van der Waals surface area (Å²) in [5, 5.41) is 6.91. The maximum absolute atomic E-state index is 12.5. The lowest BCUT2D eigenvalue weighted by Gasteiger charge is -2.23. The summed E-state index contributed by atoms with van der Waals surface area (Å²) in [6, 6.07) is 11.7. The molecule has 3 rings (SSSR count). The van der Waals surface area contributed by atoms with E-state index in [-0.39, 0.29) is 30.0 Å². The number of carbonyl (C=O) groups excluding carboxylic acids is 2. The van der Waals surface area contributed by atoms with Crippen molar-refractivity contribution in [2.45, 2.75) is 38.1 Å². The quantitative estimate of drug-likeness (QED) is 0.308. The number of anilines is 1. The highest BCUT2D eigenvalue weighted by atomic mass is 32.2. The zero-order valence-electron chi connectivity index (χ0n) is 21.8. The normalized spacial score (nSPS) is 14.1. The molecule has 0 spiro atoms. The number of hydrogen-bond acceptors (Lipinski definition) is 8. The molecule has 11 nitrogen and oxygen atoms in total. The minimum absolute atomic E-state index is 0.0597. The summed E-state index contributed by atoms with van der Waals surface area (Å²) in [6.07, 6.45) is 7.94. The molecule has 2 N–H and O–H groups in total. The molecule has 1 aliphatic rings. The largest absolute Gasteiger partial charge is 0.497 e. The highest BCUT2D eigenvalue weighted by Crippen LogP contribution is 2.33. The number of ether oxygens (including phenoxy) is 3. The maximum Gasteiger partial charge on any atom is 0.260 e. The van der Waals surface area contributed by atoms with Crippen LogP contribution in [0.25, 0.3) is 0 Å². The Bertz CT molecular complexity index is 1230.